The highest BCUT2D eigenvalue weighted by Crippen LogP contribution is 2.31. The van der Waals surface area contributed by atoms with Crippen LogP contribution >= 0.6 is 15.9 Å². The van der Waals surface area contributed by atoms with Crippen molar-refractivity contribution in [3.05, 3.63) is 51.7 Å². The van der Waals surface area contributed by atoms with Gasteiger partial charge in [0.2, 0.25) is 0 Å². The fraction of sp³-hybridized carbons (Fsp3) is 0.188. The van der Waals surface area contributed by atoms with Gasteiger partial charge < -0.3 is 9.84 Å². The number of carboxylic acids is 1. The molecule has 0 heterocycles. The van der Waals surface area contributed by atoms with Gasteiger partial charge in [-0.25, -0.2) is 17.6 Å². The Morgan fingerprint density at radius 1 is 1.28 bits per heavy atom. The van der Waals surface area contributed by atoms with E-state index in [1.807, 2.05) is 0 Å². The standard InChI is InChI=1S/C16H15BrFNO5S/c1-9-3-6-14(10(2)16(9)24-8-15(20)21)25(22,23)19-13-5-4-11(17)7-12(13)18/h3-7,19H,8H2,1-2H3,(H,20,21). The number of carboxylic acid groups (broad SMARTS) is 1. The van der Waals surface area contributed by atoms with E-state index in [4.69, 9.17) is 9.84 Å². The molecule has 0 aliphatic heterocycles. The number of sulfonamides is 1. The number of anilines is 1. The first-order valence-corrected chi connectivity index (χ1v) is 9.32. The quantitative estimate of drug-likeness (QED) is 0.730. The summed E-state index contributed by atoms with van der Waals surface area (Å²) in [6.45, 7) is 2.57. The van der Waals surface area contributed by atoms with Gasteiger partial charge in [-0.05, 0) is 43.7 Å². The van der Waals surface area contributed by atoms with Crippen molar-refractivity contribution in [3.63, 3.8) is 0 Å². The van der Waals surface area contributed by atoms with Crippen LogP contribution in [0.15, 0.2) is 39.7 Å². The average Bonchev–Trinajstić information content (AvgIpc) is 2.49. The molecule has 25 heavy (non-hydrogen) atoms. The molecule has 134 valence electrons. The highest BCUT2D eigenvalue weighted by molar-refractivity contribution is 9.10. The fourth-order valence-corrected chi connectivity index (χ4v) is 3.87. The van der Waals surface area contributed by atoms with Crippen molar-refractivity contribution in [3.8, 4) is 5.75 Å². The van der Waals surface area contributed by atoms with Crippen LogP contribution < -0.4 is 9.46 Å². The predicted octanol–water partition coefficient (Wildman–Crippen LogP) is 3.47. The maximum absolute atomic E-state index is 13.9. The summed E-state index contributed by atoms with van der Waals surface area (Å²) in [7, 11) is -4.09. The van der Waals surface area contributed by atoms with Gasteiger partial charge in [-0.15, -0.1) is 0 Å². The third-order valence-corrected chi connectivity index (χ3v) is 5.36. The first kappa shape index (κ1) is 19.2. The van der Waals surface area contributed by atoms with Gasteiger partial charge in [-0.1, -0.05) is 22.0 Å². The number of hydrogen-bond acceptors (Lipinski definition) is 4. The molecule has 2 rings (SSSR count). The van der Waals surface area contributed by atoms with E-state index < -0.39 is 28.4 Å². The van der Waals surface area contributed by atoms with Crippen molar-refractivity contribution in [1.29, 1.82) is 0 Å². The van der Waals surface area contributed by atoms with Gasteiger partial charge in [0, 0.05) is 10.0 Å². The van der Waals surface area contributed by atoms with Crippen LogP contribution in [0.3, 0.4) is 0 Å². The number of nitrogens with one attached hydrogen (secondary N) is 1. The lowest BCUT2D eigenvalue weighted by Crippen LogP contribution is -2.17. The van der Waals surface area contributed by atoms with Crippen LogP contribution in [-0.2, 0) is 14.8 Å². The summed E-state index contributed by atoms with van der Waals surface area (Å²) < 4.78 is 46.9. The van der Waals surface area contributed by atoms with E-state index in [0.717, 1.165) is 6.07 Å². The maximum Gasteiger partial charge on any atom is 0.341 e. The lowest BCUT2D eigenvalue weighted by Gasteiger charge is -2.16. The molecule has 0 aromatic heterocycles. The molecule has 9 heteroatoms. The van der Waals surface area contributed by atoms with E-state index in [1.165, 1.54) is 31.2 Å². The average molecular weight is 432 g/mol. The minimum Gasteiger partial charge on any atom is -0.481 e. The number of hydrogen-bond donors (Lipinski definition) is 2. The van der Waals surface area contributed by atoms with Crippen LogP contribution in [-0.4, -0.2) is 26.1 Å². The topological polar surface area (TPSA) is 92.7 Å². The lowest BCUT2D eigenvalue weighted by molar-refractivity contribution is -0.139. The number of aryl methyl sites for hydroxylation is 1. The van der Waals surface area contributed by atoms with E-state index in [0.29, 0.717) is 10.0 Å². The Morgan fingerprint density at radius 3 is 2.56 bits per heavy atom. The van der Waals surface area contributed by atoms with Gasteiger partial charge >= 0.3 is 5.97 Å². The number of halogens is 2. The molecule has 0 bridgehead atoms. The Labute approximate surface area is 152 Å². The smallest absolute Gasteiger partial charge is 0.341 e. The minimum atomic E-state index is -4.09. The molecule has 0 saturated carbocycles. The number of rotatable bonds is 6. The van der Waals surface area contributed by atoms with Gasteiger partial charge in [-0.3, -0.25) is 4.72 Å². The summed E-state index contributed by atoms with van der Waals surface area (Å²) in [5, 5.41) is 8.73. The summed E-state index contributed by atoms with van der Waals surface area (Å²) in [5.74, 6) is -1.74. The van der Waals surface area contributed by atoms with Crippen molar-refractivity contribution in [1.82, 2.24) is 0 Å². The van der Waals surface area contributed by atoms with Gasteiger partial charge in [-0.2, -0.15) is 0 Å². The maximum atomic E-state index is 13.9. The van der Waals surface area contributed by atoms with Gasteiger partial charge in [0.15, 0.2) is 6.61 Å². The number of aliphatic carboxylic acids is 1. The largest absolute Gasteiger partial charge is 0.481 e. The molecule has 0 saturated heterocycles. The highest BCUT2D eigenvalue weighted by atomic mass is 79.9. The fourth-order valence-electron chi connectivity index (χ4n) is 2.23. The zero-order valence-corrected chi connectivity index (χ0v) is 15.7. The van der Waals surface area contributed by atoms with Crippen molar-refractivity contribution in [2.24, 2.45) is 0 Å². The second-order valence-electron chi connectivity index (χ2n) is 5.25. The summed E-state index contributed by atoms with van der Waals surface area (Å²) in [6, 6.07) is 6.79. The zero-order chi connectivity index (χ0) is 18.8. The summed E-state index contributed by atoms with van der Waals surface area (Å²) in [4.78, 5) is 10.6. The van der Waals surface area contributed by atoms with Crippen molar-refractivity contribution in [2.45, 2.75) is 18.7 Å². The van der Waals surface area contributed by atoms with E-state index in [-0.39, 0.29) is 21.9 Å². The van der Waals surface area contributed by atoms with Gasteiger partial charge in [0.05, 0.1) is 10.6 Å². The Morgan fingerprint density at radius 2 is 1.96 bits per heavy atom. The first-order chi connectivity index (χ1) is 11.6. The zero-order valence-electron chi connectivity index (χ0n) is 13.3. The number of carbonyl (C=O) groups is 1. The van der Waals surface area contributed by atoms with Crippen LogP contribution in [0.5, 0.6) is 5.75 Å². The van der Waals surface area contributed by atoms with Crippen molar-refractivity contribution >= 4 is 37.6 Å². The second-order valence-corrected chi connectivity index (χ2v) is 7.81. The molecule has 0 aliphatic rings. The van der Waals surface area contributed by atoms with Crippen LogP contribution in [0, 0.1) is 19.7 Å². The van der Waals surface area contributed by atoms with E-state index >= 15 is 0 Å². The third-order valence-electron chi connectivity index (χ3n) is 3.36. The van der Waals surface area contributed by atoms with Crippen molar-refractivity contribution < 1.29 is 27.4 Å². The Bertz CT molecular complexity index is 930. The Kier molecular flexibility index (Phi) is 5.69. The van der Waals surface area contributed by atoms with Crippen molar-refractivity contribution in [2.75, 3.05) is 11.3 Å². The van der Waals surface area contributed by atoms with Gasteiger partial charge in [0.1, 0.15) is 11.6 Å². The first-order valence-electron chi connectivity index (χ1n) is 7.04. The molecule has 2 aromatic carbocycles. The molecule has 2 N–H and O–H groups in total. The number of ether oxygens (including phenoxy) is 1. The molecule has 0 unspecified atom stereocenters. The molecule has 2 aromatic rings. The molecule has 0 atom stereocenters. The molecule has 0 aliphatic carbocycles. The molecule has 0 fully saturated rings. The SMILES string of the molecule is Cc1ccc(S(=O)(=O)Nc2ccc(Br)cc2F)c(C)c1OCC(=O)O. The predicted molar refractivity (Wildman–Crippen MR) is 94.0 cm³/mol. The molecule has 0 radical (unpaired) electrons. The van der Waals surface area contributed by atoms with Crippen LogP contribution in [0.2, 0.25) is 0 Å². The number of benzene rings is 2. The third kappa shape index (κ3) is 4.49. The molecule has 0 spiro atoms. The Balaban J connectivity index is 2.42. The monoisotopic (exact) mass is 431 g/mol. The van der Waals surface area contributed by atoms with E-state index in [2.05, 4.69) is 20.7 Å². The molecule has 0 amide bonds. The molecular weight excluding hydrogens is 417 g/mol. The van der Waals surface area contributed by atoms with Crippen LogP contribution in [0.4, 0.5) is 10.1 Å². The normalized spacial score (nSPS) is 11.2. The molecule has 6 nitrogen and oxygen atoms in total. The lowest BCUT2D eigenvalue weighted by atomic mass is 10.1. The summed E-state index contributed by atoms with van der Waals surface area (Å²) in [6.07, 6.45) is 0. The summed E-state index contributed by atoms with van der Waals surface area (Å²) in [5.41, 5.74) is 0.634. The Hall–Kier alpha value is -2.13. The van der Waals surface area contributed by atoms with E-state index in [9.17, 15) is 17.6 Å². The summed E-state index contributed by atoms with van der Waals surface area (Å²) >= 11 is 3.10. The van der Waals surface area contributed by atoms with Crippen LogP contribution in [0.25, 0.3) is 0 Å². The van der Waals surface area contributed by atoms with E-state index in [1.54, 1.807) is 6.92 Å². The second kappa shape index (κ2) is 7.40. The highest BCUT2D eigenvalue weighted by Gasteiger charge is 2.22. The van der Waals surface area contributed by atoms with Crippen LogP contribution in [0.1, 0.15) is 11.1 Å². The van der Waals surface area contributed by atoms with Gasteiger partial charge in [0.25, 0.3) is 10.0 Å². The molecular formula is C16H15BrFNO5S. The minimum absolute atomic E-state index is 0.124.